The van der Waals surface area contributed by atoms with Gasteiger partial charge in [-0.1, -0.05) is 272 Å². The molecule has 10 rings (SSSR count). The maximum absolute atomic E-state index is 2.77. The van der Waals surface area contributed by atoms with Crippen LogP contribution in [0.25, 0.3) is 60.9 Å². The van der Waals surface area contributed by atoms with Crippen molar-refractivity contribution in [2.45, 2.75) is 227 Å². The van der Waals surface area contributed by atoms with Gasteiger partial charge in [-0.2, -0.15) is 0 Å². The number of rotatable bonds is 30. The van der Waals surface area contributed by atoms with E-state index in [0.717, 1.165) is 12.8 Å². The summed E-state index contributed by atoms with van der Waals surface area (Å²) in [6.45, 7) is 20.8. The SMILES string of the molecule is CCCCCCCCC1(CCCCCCCC)c2cc(C)ccc2-c2ccc3c(c21)c1cc(-c2ccccc2)ccc1n3-c1cc(CCCCCC)c(-c2ccc(N(c3ccc(C)cc3)c3ccc(C(C)(C)C)cc3)cc2)cc1CCCCCC. The van der Waals surface area contributed by atoms with Crippen LogP contribution in [-0.2, 0) is 23.7 Å². The summed E-state index contributed by atoms with van der Waals surface area (Å²) in [6, 6.07) is 64.6. The van der Waals surface area contributed by atoms with Crippen LogP contribution in [0.15, 0.2) is 164 Å². The molecule has 0 atom stereocenters. The summed E-state index contributed by atoms with van der Waals surface area (Å²) < 4.78 is 2.77. The lowest BCUT2D eigenvalue weighted by Crippen LogP contribution is -2.26. The van der Waals surface area contributed by atoms with E-state index in [0.29, 0.717) is 0 Å². The highest BCUT2D eigenvalue weighted by Crippen LogP contribution is 2.58. The lowest BCUT2D eigenvalue weighted by Gasteiger charge is -2.34. The maximum atomic E-state index is 2.77. The lowest BCUT2D eigenvalue weighted by molar-refractivity contribution is 0.400. The smallest absolute Gasteiger partial charge is 0.0544 e. The molecule has 444 valence electrons. The molecule has 85 heavy (non-hydrogen) atoms. The van der Waals surface area contributed by atoms with Crippen LogP contribution in [0.5, 0.6) is 0 Å². The Morgan fingerprint density at radius 1 is 0.400 bits per heavy atom. The summed E-state index contributed by atoms with van der Waals surface area (Å²) in [7, 11) is 0. The number of hydrogen-bond donors (Lipinski definition) is 0. The van der Waals surface area contributed by atoms with E-state index in [9.17, 15) is 0 Å². The van der Waals surface area contributed by atoms with E-state index in [2.05, 4.69) is 236 Å². The molecule has 0 saturated carbocycles. The van der Waals surface area contributed by atoms with Crippen molar-refractivity contribution in [1.29, 1.82) is 0 Å². The number of hydrogen-bond acceptors (Lipinski definition) is 1. The van der Waals surface area contributed by atoms with Crippen LogP contribution in [0.2, 0.25) is 0 Å². The molecule has 8 aromatic carbocycles. The van der Waals surface area contributed by atoms with Gasteiger partial charge < -0.3 is 9.47 Å². The van der Waals surface area contributed by atoms with Gasteiger partial charge in [-0.3, -0.25) is 0 Å². The van der Waals surface area contributed by atoms with E-state index >= 15 is 0 Å². The third-order valence-corrected chi connectivity index (χ3v) is 19.3. The third kappa shape index (κ3) is 13.8. The summed E-state index contributed by atoms with van der Waals surface area (Å²) in [5.74, 6) is 0. The monoisotopic (exact) mass is 1130 g/mol. The lowest BCUT2D eigenvalue weighted by atomic mass is 9.69. The third-order valence-electron chi connectivity index (χ3n) is 19.3. The second kappa shape index (κ2) is 28.7. The Kier molecular flexibility index (Phi) is 20.7. The first-order valence-electron chi connectivity index (χ1n) is 34.0. The number of unbranched alkanes of at least 4 members (excludes halogenated alkanes) is 16. The van der Waals surface area contributed by atoms with Crippen molar-refractivity contribution in [1.82, 2.24) is 4.57 Å². The summed E-state index contributed by atoms with van der Waals surface area (Å²) >= 11 is 0. The largest absolute Gasteiger partial charge is 0.311 e. The highest BCUT2D eigenvalue weighted by atomic mass is 15.1. The molecular formula is C83H102N2. The molecule has 1 aliphatic rings. The van der Waals surface area contributed by atoms with Crippen LogP contribution < -0.4 is 4.90 Å². The van der Waals surface area contributed by atoms with E-state index in [-0.39, 0.29) is 10.8 Å². The molecule has 2 heteroatoms. The number of fused-ring (bicyclic) bond motifs is 7. The summed E-state index contributed by atoms with van der Waals surface area (Å²) in [6.07, 6.45) is 30.0. The fourth-order valence-electron chi connectivity index (χ4n) is 14.5. The van der Waals surface area contributed by atoms with Gasteiger partial charge in [0.15, 0.2) is 0 Å². The summed E-state index contributed by atoms with van der Waals surface area (Å²) in [5.41, 5.74) is 26.0. The Morgan fingerprint density at radius 2 is 0.906 bits per heavy atom. The number of nitrogens with zero attached hydrogens (tertiary/aromatic N) is 2. The Balaban J connectivity index is 1.19. The van der Waals surface area contributed by atoms with Crippen molar-refractivity contribution in [3.8, 4) is 39.1 Å². The molecule has 2 nitrogen and oxygen atoms in total. The van der Waals surface area contributed by atoms with Crippen molar-refractivity contribution in [2.24, 2.45) is 0 Å². The van der Waals surface area contributed by atoms with Gasteiger partial charge in [0.1, 0.15) is 0 Å². The predicted molar refractivity (Wildman–Crippen MR) is 372 cm³/mol. The number of anilines is 3. The van der Waals surface area contributed by atoms with Gasteiger partial charge in [0.25, 0.3) is 0 Å². The van der Waals surface area contributed by atoms with Gasteiger partial charge in [0.2, 0.25) is 0 Å². The minimum absolute atomic E-state index is 0.0675. The van der Waals surface area contributed by atoms with Gasteiger partial charge in [-0.25, -0.2) is 0 Å². The van der Waals surface area contributed by atoms with Gasteiger partial charge in [-0.05, 0) is 186 Å². The number of aryl methyl sites for hydroxylation is 4. The average molecular weight is 1130 g/mol. The Morgan fingerprint density at radius 3 is 1.51 bits per heavy atom. The van der Waals surface area contributed by atoms with Crippen LogP contribution in [-0.4, -0.2) is 4.57 Å². The Bertz CT molecular complexity index is 3570. The minimum atomic E-state index is -0.0675. The highest BCUT2D eigenvalue weighted by molar-refractivity contribution is 6.15. The van der Waals surface area contributed by atoms with E-state index in [1.165, 1.54) is 247 Å². The van der Waals surface area contributed by atoms with Gasteiger partial charge >= 0.3 is 0 Å². The quantitative estimate of drug-likeness (QED) is 0.0408. The zero-order chi connectivity index (χ0) is 59.3. The van der Waals surface area contributed by atoms with Crippen molar-refractivity contribution < 1.29 is 0 Å². The van der Waals surface area contributed by atoms with E-state index < -0.39 is 0 Å². The molecule has 0 N–H and O–H groups in total. The van der Waals surface area contributed by atoms with Crippen LogP contribution >= 0.6 is 0 Å². The normalized spacial score (nSPS) is 12.8. The maximum Gasteiger partial charge on any atom is 0.0544 e. The number of aromatic nitrogens is 1. The molecule has 1 heterocycles. The van der Waals surface area contributed by atoms with E-state index in [4.69, 9.17) is 0 Å². The second-order valence-electron chi connectivity index (χ2n) is 26.8. The minimum Gasteiger partial charge on any atom is -0.311 e. The van der Waals surface area contributed by atoms with Gasteiger partial charge in [0, 0.05) is 38.9 Å². The molecular weight excluding hydrogens is 1020 g/mol. The van der Waals surface area contributed by atoms with Crippen molar-refractivity contribution >= 4 is 38.9 Å². The topological polar surface area (TPSA) is 8.17 Å². The van der Waals surface area contributed by atoms with Crippen LogP contribution in [0.1, 0.15) is 229 Å². The summed E-state index contributed by atoms with van der Waals surface area (Å²) in [4.78, 5) is 2.43. The second-order valence-corrected chi connectivity index (χ2v) is 26.8. The molecule has 1 aromatic heterocycles. The van der Waals surface area contributed by atoms with Crippen molar-refractivity contribution in [3.63, 3.8) is 0 Å². The van der Waals surface area contributed by atoms with Crippen molar-refractivity contribution in [2.75, 3.05) is 4.90 Å². The van der Waals surface area contributed by atoms with Crippen LogP contribution in [0.4, 0.5) is 17.1 Å². The fourth-order valence-corrected chi connectivity index (χ4v) is 14.5. The molecule has 0 bridgehead atoms. The average Bonchev–Trinajstić information content (AvgIpc) is 3.86. The molecule has 0 aliphatic heterocycles. The molecule has 0 saturated heterocycles. The molecule has 0 amide bonds. The van der Waals surface area contributed by atoms with Gasteiger partial charge in [-0.15, -0.1) is 0 Å². The molecule has 0 unspecified atom stereocenters. The zero-order valence-electron chi connectivity index (χ0n) is 54.0. The van der Waals surface area contributed by atoms with Crippen LogP contribution in [0.3, 0.4) is 0 Å². The zero-order valence-corrected chi connectivity index (χ0v) is 54.0. The number of benzene rings is 8. The first-order valence-corrected chi connectivity index (χ1v) is 34.0. The van der Waals surface area contributed by atoms with E-state index in [1.54, 1.807) is 11.1 Å². The molecule has 1 aliphatic carbocycles. The Hall–Kier alpha value is -6.64. The molecule has 0 radical (unpaired) electrons. The van der Waals surface area contributed by atoms with Crippen molar-refractivity contribution in [3.05, 3.63) is 203 Å². The van der Waals surface area contributed by atoms with E-state index in [1.807, 2.05) is 0 Å². The fraction of sp³-hybridized carbons (Fsp3) is 0.422. The first-order chi connectivity index (χ1) is 41.5. The van der Waals surface area contributed by atoms with Crippen LogP contribution in [0, 0.1) is 13.8 Å². The predicted octanol–water partition coefficient (Wildman–Crippen LogP) is 25.5. The molecule has 0 fully saturated rings. The Labute approximate surface area is 514 Å². The standard InChI is InChI=1S/C83H102N2/c1-10-14-18-22-24-31-55-83(56-32-25-23-19-15-11-2)76-57-62(6)39-51-72(76)73-52-54-78-80(81(73)83)75-58-65(63-33-29-26-30-34-63)42-53-77(75)85(78)79-60-66(35-27-20-16-12-3)74(59-67(79)36-28-21-17-13-4)64-40-47-70(48-41-64)84(69-45-37-61(5)38-46-69)71-49-43-68(44-50-71)82(7,8)9/h26,29-30,33-34,37-54,57-60H,10-25,27-28,31-32,35-36,55-56H2,1-9H3. The highest BCUT2D eigenvalue weighted by Gasteiger charge is 2.44. The summed E-state index contributed by atoms with van der Waals surface area (Å²) in [5, 5.41) is 2.89. The first kappa shape index (κ1) is 61.4. The molecule has 0 spiro atoms. The van der Waals surface area contributed by atoms with Gasteiger partial charge in [0.05, 0.1) is 11.0 Å². The molecule has 9 aromatic rings.